The molecule has 0 aliphatic rings. The minimum atomic E-state index is -3.65. The molecule has 5 nitrogen and oxygen atoms in total. The molecule has 0 spiro atoms. The fraction of sp³-hybridized carbons (Fsp3) is 0.364. The third-order valence-electron chi connectivity index (χ3n) is 1.85. The van der Waals surface area contributed by atoms with Crippen LogP contribution in [0.1, 0.15) is 10.4 Å². The zero-order valence-electron chi connectivity index (χ0n) is 10.3. The van der Waals surface area contributed by atoms with Crippen LogP contribution in [-0.4, -0.2) is 39.3 Å². The van der Waals surface area contributed by atoms with Crippen LogP contribution in [0.15, 0.2) is 12.1 Å². The normalized spacial score (nSPS) is 11.1. The van der Waals surface area contributed by atoms with Crippen molar-refractivity contribution in [2.24, 2.45) is 0 Å². The maximum atomic E-state index is 11.6. The number of hydrogen-bond acceptors (Lipinski definition) is 6. The van der Waals surface area contributed by atoms with Crippen molar-refractivity contribution in [3.63, 3.8) is 0 Å². The lowest BCUT2D eigenvalue weighted by Crippen LogP contribution is -2.09. The van der Waals surface area contributed by atoms with E-state index in [1.807, 2.05) is 6.26 Å². The van der Waals surface area contributed by atoms with Gasteiger partial charge in [0.1, 0.15) is 6.61 Å². The molecule has 0 amide bonds. The quantitative estimate of drug-likeness (QED) is 0.453. The summed E-state index contributed by atoms with van der Waals surface area (Å²) in [6, 6.07) is 5.09. The number of halogens is 1. The van der Waals surface area contributed by atoms with Crippen molar-refractivity contribution >= 4 is 39.5 Å². The molecule has 0 saturated heterocycles. The van der Waals surface area contributed by atoms with Crippen LogP contribution in [0.3, 0.4) is 0 Å². The highest BCUT2D eigenvalue weighted by Crippen LogP contribution is 2.23. The molecule has 105 valence electrons. The molecule has 0 N–H and O–H groups in total. The average molecular weight is 324 g/mol. The van der Waals surface area contributed by atoms with Crippen LogP contribution in [0.4, 0.5) is 0 Å². The lowest BCUT2D eigenvalue weighted by molar-refractivity contribution is 0.0530. The van der Waals surface area contributed by atoms with Crippen LogP contribution in [0.5, 0.6) is 5.75 Å². The Hall–Kier alpha value is -0.920. The monoisotopic (exact) mass is 323 g/mol. The Morgan fingerprint density at radius 2 is 2.16 bits per heavy atom. The SMILES string of the molecule is CSCCOC(=O)c1ccc(OS(C)(=O)=O)[c]c1Cl. The Labute approximate surface area is 121 Å². The molecule has 0 bridgehead atoms. The highest BCUT2D eigenvalue weighted by Gasteiger charge is 2.14. The molecule has 0 aliphatic heterocycles. The van der Waals surface area contributed by atoms with Crippen LogP contribution in [-0.2, 0) is 14.9 Å². The van der Waals surface area contributed by atoms with E-state index in [1.54, 1.807) is 11.8 Å². The highest BCUT2D eigenvalue weighted by molar-refractivity contribution is 7.98. The third kappa shape index (κ3) is 5.71. The number of benzene rings is 1. The Kier molecular flexibility index (Phi) is 5.96. The zero-order valence-corrected chi connectivity index (χ0v) is 12.7. The number of esters is 1. The molecule has 8 heteroatoms. The predicted molar refractivity (Wildman–Crippen MR) is 74.4 cm³/mol. The molecule has 0 fully saturated rings. The summed E-state index contributed by atoms with van der Waals surface area (Å²) in [5.74, 6) is 0.0249. The third-order valence-corrected chi connectivity index (χ3v) is 3.21. The van der Waals surface area contributed by atoms with Crippen molar-refractivity contribution in [1.82, 2.24) is 0 Å². The minimum absolute atomic E-state index is 0.0460. The van der Waals surface area contributed by atoms with Gasteiger partial charge in [0.05, 0.1) is 22.9 Å². The molecule has 1 rings (SSSR count). The minimum Gasteiger partial charge on any atom is -0.461 e. The molecule has 19 heavy (non-hydrogen) atoms. The number of thioether (sulfide) groups is 1. The van der Waals surface area contributed by atoms with E-state index < -0.39 is 16.1 Å². The van der Waals surface area contributed by atoms with Gasteiger partial charge in [-0.15, -0.1) is 0 Å². The second-order valence-corrected chi connectivity index (χ2v) is 6.40. The first-order valence-corrected chi connectivity index (χ1v) is 8.69. The Balaban J connectivity index is 2.79. The second kappa shape index (κ2) is 7.02. The Bertz CT molecular complexity index is 556. The van der Waals surface area contributed by atoms with E-state index >= 15 is 0 Å². The van der Waals surface area contributed by atoms with Gasteiger partial charge in [0, 0.05) is 5.75 Å². The Morgan fingerprint density at radius 3 is 2.68 bits per heavy atom. The smallest absolute Gasteiger partial charge is 0.339 e. The second-order valence-electron chi connectivity index (χ2n) is 3.47. The van der Waals surface area contributed by atoms with Crippen LogP contribution in [0.2, 0.25) is 5.02 Å². The molecule has 1 aromatic rings. The maximum absolute atomic E-state index is 11.6. The molecule has 0 aromatic heterocycles. The van der Waals surface area contributed by atoms with E-state index in [0.717, 1.165) is 6.26 Å². The Morgan fingerprint density at radius 1 is 1.47 bits per heavy atom. The van der Waals surface area contributed by atoms with Gasteiger partial charge in [0.2, 0.25) is 0 Å². The average Bonchev–Trinajstić information content (AvgIpc) is 2.27. The van der Waals surface area contributed by atoms with Gasteiger partial charge in [-0.25, -0.2) is 4.79 Å². The van der Waals surface area contributed by atoms with E-state index in [1.165, 1.54) is 12.1 Å². The lowest BCUT2D eigenvalue weighted by atomic mass is 10.2. The van der Waals surface area contributed by atoms with Crippen molar-refractivity contribution in [3.05, 3.63) is 28.8 Å². The topological polar surface area (TPSA) is 69.7 Å². The largest absolute Gasteiger partial charge is 0.461 e. The van der Waals surface area contributed by atoms with Gasteiger partial charge in [-0.05, 0) is 18.4 Å². The van der Waals surface area contributed by atoms with Crippen LogP contribution < -0.4 is 4.18 Å². The highest BCUT2D eigenvalue weighted by atomic mass is 35.5. The van der Waals surface area contributed by atoms with Gasteiger partial charge < -0.3 is 8.92 Å². The van der Waals surface area contributed by atoms with Crippen molar-refractivity contribution in [2.75, 3.05) is 24.9 Å². The fourth-order valence-corrected chi connectivity index (χ4v) is 2.02. The molecule has 0 heterocycles. The summed E-state index contributed by atoms with van der Waals surface area (Å²) in [5.41, 5.74) is 0.114. The summed E-state index contributed by atoms with van der Waals surface area (Å²) in [6.07, 6.45) is 2.80. The number of carbonyl (C=O) groups excluding carboxylic acids is 1. The van der Waals surface area contributed by atoms with Gasteiger partial charge in [-0.2, -0.15) is 20.2 Å². The molecule has 0 saturated carbocycles. The van der Waals surface area contributed by atoms with Gasteiger partial charge in [-0.1, -0.05) is 11.6 Å². The van der Waals surface area contributed by atoms with Crippen LogP contribution in [0, 0.1) is 6.07 Å². The summed E-state index contributed by atoms with van der Waals surface area (Å²) in [7, 11) is -3.65. The standard InChI is InChI=1S/C11H12ClO5S2/c1-18-6-5-16-11(13)9-4-3-8(7-10(9)12)17-19(2,14)15/h3-4H,5-6H2,1-2H3. The van der Waals surface area contributed by atoms with E-state index in [9.17, 15) is 13.2 Å². The van der Waals surface area contributed by atoms with E-state index in [-0.39, 0.29) is 22.9 Å². The number of hydrogen-bond donors (Lipinski definition) is 0. The van der Waals surface area contributed by atoms with Gasteiger partial charge in [0.15, 0.2) is 5.75 Å². The summed E-state index contributed by atoms with van der Waals surface area (Å²) in [5, 5.41) is -0.0460. The number of carbonyl (C=O) groups is 1. The van der Waals surface area contributed by atoms with E-state index in [0.29, 0.717) is 5.75 Å². The molecule has 0 unspecified atom stereocenters. The molecular formula is C11H12ClO5S2. The molecular weight excluding hydrogens is 312 g/mol. The van der Waals surface area contributed by atoms with Crippen molar-refractivity contribution in [1.29, 1.82) is 0 Å². The zero-order chi connectivity index (χ0) is 14.5. The molecule has 1 aromatic carbocycles. The first kappa shape index (κ1) is 16.1. The van der Waals surface area contributed by atoms with E-state index in [2.05, 4.69) is 10.2 Å². The van der Waals surface area contributed by atoms with Crippen molar-refractivity contribution < 1.29 is 22.1 Å². The maximum Gasteiger partial charge on any atom is 0.339 e. The first-order valence-electron chi connectivity index (χ1n) is 5.11. The predicted octanol–water partition coefficient (Wildman–Crippen LogP) is 2.00. The molecule has 0 aliphatic carbocycles. The molecule has 1 radical (unpaired) electrons. The van der Waals surface area contributed by atoms with Gasteiger partial charge in [-0.3, -0.25) is 0 Å². The number of ether oxygens (including phenoxy) is 1. The van der Waals surface area contributed by atoms with Crippen LogP contribution in [0.25, 0.3) is 0 Å². The number of rotatable bonds is 6. The van der Waals surface area contributed by atoms with Gasteiger partial charge in [0.25, 0.3) is 0 Å². The van der Waals surface area contributed by atoms with E-state index in [4.69, 9.17) is 16.3 Å². The van der Waals surface area contributed by atoms with Crippen molar-refractivity contribution in [2.45, 2.75) is 0 Å². The molecule has 0 atom stereocenters. The van der Waals surface area contributed by atoms with Crippen molar-refractivity contribution in [3.8, 4) is 5.75 Å². The van der Waals surface area contributed by atoms with Crippen LogP contribution >= 0.6 is 23.4 Å². The summed E-state index contributed by atoms with van der Waals surface area (Å²) >= 11 is 7.38. The summed E-state index contributed by atoms with van der Waals surface area (Å²) in [6.45, 7) is 0.276. The fourth-order valence-electron chi connectivity index (χ4n) is 1.11. The summed E-state index contributed by atoms with van der Waals surface area (Å²) in [4.78, 5) is 11.6. The summed E-state index contributed by atoms with van der Waals surface area (Å²) < 4.78 is 31.4. The lowest BCUT2D eigenvalue weighted by Gasteiger charge is -2.07. The van der Waals surface area contributed by atoms with Gasteiger partial charge >= 0.3 is 16.1 Å². The first-order chi connectivity index (χ1) is 8.83.